The lowest BCUT2D eigenvalue weighted by Gasteiger charge is -2.55. The number of para-hydroxylation sites is 1. The predicted molar refractivity (Wildman–Crippen MR) is 97.7 cm³/mol. The summed E-state index contributed by atoms with van der Waals surface area (Å²) < 4.78 is 6.13. The van der Waals surface area contributed by atoms with Gasteiger partial charge in [-0.15, -0.1) is 0 Å². The Labute approximate surface area is 148 Å². The van der Waals surface area contributed by atoms with E-state index < -0.39 is 0 Å². The Balaban J connectivity index is 1.39. The average molecular weight is 335 g/mol. The van der Waals surface area contributed by atoms with Crippen molar-refractivity contribution in [3.05, 3.63) is 53.5 Å². The van der Waals surface area contributed by atoms with E-state index in [1.807, 2.05) is 37.3 Å². The van der Waals surface area contributed by atoms with Crippen LogP contribution in [0.3, 0.4) is 0 Å². The molecule has 4 aliphatic carbocycles. The van der Waals surface area contributed by atoms with Crippen molar-refractivity contribution in [2.45, 2.75) is 50.9 Å². The monoisotopic (exact) mass is 335 g/mol. The first-order valence-electron chi connectivity index (χ1n) is 9.59. The highest BCUT2D eigenvalue weighted by atomic mass is 16.4. The quantitative estimate of drug-likeness (QED) is 0.826. The fraction of sp³-hybridized carbons (Fsp3) is 0.500. The van der Waals surface area contributed by atoms with Gasteiger partial charge in [0.1, 0.15) is 5.76 Å². The molecule has 1 heterocycles. The number of amides is 1. The van der Waals surface area contributed by atoms with Gasteiger partial charge in [-0.3, -0.25) is 4.79 Å². The molecule has 3 nitrogen and oxygen atoms in total. The number of furan rings is 1. The van der Waals surface area contributed by atoms with Gasteiger partial charge < -0.3 is 9.73 Å². The second kappa shape index (κ2) is 5.48. The zero-order chi connectivity index (χ0) is 17.0. The Morgan fingerprint density at radius 3 is 2.28 bits per heavy atom. The molecule has 1 aromatic carbocycles. The molecule has 0 aliphatic heterocycles. The number of nitrogens with one attached hydrogen (secondary N) is 1. The van der Waals surface area contributed by atoms with Crippen LogP contribution in [0.4, 0.5) is 5.69 Å². The maximum atomic E-state index is 12.6. The van der Waals surface area contributed by atoms with Gasteiger partial charge in [-0.25, -0.2) is 0 Å². The van der Waals surface area contributed by atoms with E-state index in [1.54, 1.807) is 0 Å². The van der Waals surface area contributed by atoms with Crippen LogP contribution >= 0.6 is 0 Å². The van der Waals surface area contributed by atoms with Crippen LogP contribution in [0.2, 0.25) is 0 Å². The lowest BCUT2D eigenvalue weighted by atomic mass is 9.49. The van der Waals surface area contributed by atoms with Crippen molar-refractivity contribution in [3.8, 4) is 0 Å². The summed E-state index contributed by atoms with van der Waals surface area (Å²) in [4.78, 5) is 12.6. The highest BCUT2D eigenvalue weighted by Crippen LogP contribution is 2.60. The van der Waals surface area contributed by atoms with Crippen LogP contribution in [0.25, 0.3) is 0 Å². The van der Waals surface area contributed by atoms with E-state index in [-0.39, 0.29) is 11.3 Å². The number of hydrogen-bond donors (Lipinski definition) is 1. The summed E-state index contributed by atoms with van der Waals surface area (Å²) >= 11 is 0. The third-order valence-electron chi connectivity index (χ3n) is 6.78. The molecule has 4 fully saturated rings. The molecule has 0 spiro atoms. The highest BCUT2D eigenvalue weighted by molar-refractivity contribution is 6.02. The number of carbonyl (C=O) groups is 1. The smallest absolute Gasteiger partial charge is 0.291 e. The SMILES string of the molecule is Cc1ccccc1NC(=O)c1ccc(C23CC4CC(CC(C4)C2)C3)o1. The Bertz CT molecular complexity index is 784. The number of benzene rings is 1. The van der Waals surface area contributed by atoms with E-state index in [0.717, 1.165) is 34.8 Å². The summed E-state index contributed by atoms with van der Waals surface area (Å²) in [6.07, 6.45) is 8.02. The normalized spacial score (nSPS) is 32.8. The molecule has 25 heavy (non-hydrogen) atoms. The van der Waals surface area contributed by atoms with E-state index in [4.69, 9.17) is 4.42 Å². The molecule has 0 saturated heterocycles. The van der Waals surface area contributed by atoms with Crippen molar-refractivity contribution in [3.63, 3.8) is 0 Å². The van der Waals surface area contributed by atoms with Gasteiger partial charge in [0.2, 0.25) is 0 Å². The van der Waals surface area contributed by atoms with Crippen LogP contribution in [-0.4, -0.2) is 5.91 Å². The maximum Gasteiger partial charge on any atom is 0.291 e. The number of hydrogen-bond acceptors (Lipinski definition) is 2. The minimum Gasteiger partial charge on any atom is -0.455 e. The zero-order valence-corrected chi connectivity index (χ0v) is 14.8. The van der Waals surface area contributed by atoms with Crippen molar-refractivity contribution < 1.29 is 9.21 Å². The maximum absolute atomic E-state index is 12.6. The summed E-state index contributed by atoms with van der Waals surface area (Å²) in [6, 6.07) is 11.8. The molecule has 1 N–H and O–H groups in total. The minimum atomic E-state index is -0.148. The van der Waals surface area contributed by atoms with Crippen molar-refractivity contribution in [1.82, 2.24) is 0 Å². The Kier molecular flexibility index (Phi) is 3.34. The predicted octanol–water partition coefficient (Wildman–Crippen LogP) is 5.31. The molecule has 4 bridgehead atoms. The van der Waals surface area contributed by atoms with Crippen LogP contribution in [0.5, 0.6) is 0 Å². The Morgan fingerprint density at radius 2 is 1.64 bits per heavy atom. The van der Waals surface area contributed by atoms with Crippen LogP contribution in [0.1, 0.15) is 60.4 Å². The number of anilines is 1. The number of rotatable bonds is 3. The van der Waals surface area contributed by atoms with E-state index in [0.29, 0.717) is 5.76 Å². The summed E-state index contributed by atoms with van der Waals surface area (Å²) in [5, 5.41) is 2.98. The lowest BCUT2D eigenvalue weighted by molar-refractivity contribution is -0.0154. The first-order chi connectivity index (χ1) is 12.1. The lowest BCUT2D eigenvalue weighted by Crippen LogP contribution is -2.48. The third-order valence-corrected chi connectivity index (χ3v) is 6.78. The molecule has 2 aromatic rings. The molecular formula is C22H25NO2. The third kappa shape index (κ3) is 2.52. The largest absolute Gasteiger partial charge is 0.455 e. The molecular weight excluding hydrogens is 310 g/mol. The Hall–Kier alpha value is -2.03. The van der Waals surface area contributed by atoms with Crippen molar-refractivity contribution in [1.29, 1.82) is 0 Å². The summed E-state index contributed by atoms with van der Waals surface area (Å²) in [7, 11) is 0. The number of aryl methyl sites for hydroxylation is 1. The van der Waals surface area contributed by atoms with E-state index in [2.05, 4.69) is 11.4 Å². The van der Waals surface area contributed by atoms with Crippen LogP contribution in [0, 0.1) is 24.7 Å². The van der Waals surface area contributed by atoms with Gasteiger partial charge in [0, 0.05) is 11.1 Å². The van der Waals surface area contributed by atoms with Crippen molar-refractivity contribution in [2.24, 2.45) is 17.8 Å². The molecule has 0 unspecified atom stereocenters. The molecule has 0 atom stereocenters. The zero-order valence-electron chi connectivity index (χ0n) is 14.8. The second-order valence-electron chi connectivity index (χ2n) is 8.63. The molecule has 0 radical (unpaired) electrons. The minimum absolute atomic E-state index is 0.148. The fourth-order valence-electron chi connectivity index (χ4n) is 6.05. The van der Waals surface area contributed by atoms with Gasteiger partial charge in [0.05, 0.1) is 0 Å². The van der Waals surface area contributed by atoms with Crippen molar-refractivity contribution >= 4 is 11.6 Å². The van der Waals surface area contributed by atoms with E-state index in [9.17, 15) is 4.79 Å². The van der Waals surface area contributed by atoms with Gasteiger partial charge in [-0.1, -0.05) is 18.2 Å². The van der Waals surface area contributed by atoms with E-state index >= 15 is 0 Å². The molecule has 130 valence electrons. The topological polar surface area (TPSA) is 42.2 Å². The summed E-state index contributed by atoms with van der Waals surface area (Å²) in [5.41, 5.74) is 2.11. The molecule has 1 amide bonds. The van der Waals surface area contributed by atoms with Gasteiger partial charge in [-0.2, -0.15) is 0 Å². The van der Waals surface area contributed by atoms with E-state index in [1.165, 1.54) is 38.5 Å². The fourth-order valence-corrected chi connectivity index (χ4v) is 6.05. The molecule has 4 saturated carbocycles. The first-order valence-corrected chi connectivity index (χ1v) is 9.59. The molecule has 3 heteroatoms. The molecule has 4 aliphatic rings. The van der Waals surface area contributed by atoms with Crippen LogP contribution in [-0.2, 0) is 5.41 Å². The molecule has 1 aromatic heterocycles. The van der Waals surface area contributed by atoms with Gasteiger partial charge in [0.15, 0.2) is 5.76 Å². The number of carbonyl (C=O) groups excluding carboxylic acids is 1. The average Bonchev–Trinajstić information content (AvgIpc) is 3.07. The summed E-state index contributed by atoms with van der Waals surface area (Å²) in [6.45, 7) is 2.00. The first kappa shape index (κ1) is 15.2. The second-order valence-corrected chi connectivity index (χ2v) is 8.63. The van der Waals surface area contributed by atoms with Crippen LogP contribution < -0.4 is 5.32 Å². The summed E-state index contributed by atoms with van der Waals surface area (Å²) in [5.74, 6) is 3.97. The van der Waals surface area contributed by atoms with Gasteiger partial charge in [-0.05, 0) is 87.0 Å². The Morgan fingerprint density at radius 1 is 1.00 bits per heavy atom. The molecule has 6 rings (SSSR count). The van der Waals surface area contributed by atoms with Crippen molar-refractivity contribution in [2.75, 3.05) is 5.32 Å². The highest BCUT2D eigenvalue weighted by Gasteiger charge is 2.53. The van der Waals surface area contributed by atoms with Gasteiger partial charge in [0.25, 0.3) is 5.91 Å². The van der Waals surface area contributed by atoms with Crippen LogP contribution in [0.15, 0.2) is 40.8 Å². The van der Waals surface area contributed by atoms with Gasteiger partial charge >= 0.3 is 0 Å². The standard InChI is InChI=1S/C22H25NO2/c1-14-4-2-3-5-18(14)23-21(24)19-6-7-20(25-19)22-11-15-8-16(12-22)10-17(9-15)13-22/h2-7,15-17H,8-13H2,1H3,(H,23,24).